The van der Waals surface area contributed by atoms with E-state index in [9.17, 15) is 0 Å². The maximum atomic E-state index is 5.48. The highest BCUT2D eigenvalue weighted by atomic mass is 32.2. The van der Waals surface area contributed by atoms with Crippen molar-refractivity contribution in [3.8, 4) is 0 Å². The van der Waals surface area contributed by atoms with E-state index in [1.54, 1.807) is 11.8 Å². The lowest BCUT2D eigenvalue weighted by molar-refractivity contribution is 0.473. The number of oxazole rings is 1. The number of nitrogens with zero attached hydrogens (tertiary/aromatic N) is 2. The average Bonchev–Trinajstić information content (AvgIpc) is 2.56. The van der Waals surface area contributed by atoms with Crippen molar-refractivity contribution in [3.05, 3.63) is 17.3 Å². The summed E-state index contributed by atoms with van der Waals surface area (Å²) in [6, 6.07) is 0.521. The fraction of sp³-hybridized carbons (Fsp3) is 0.636. The number of aliphatic imine (C=N–C) groups is 1. The Kier molecular flexibility index (Phi) is 3.53. The van der Waals surface area contributed by atoms with Crippen LogP contribution in [0.2, 0.25) is 0 Å². The number of amidine groups is 1. The highest BCUT2D eigenvalue weighted by molar-refractivity contribution is 8.13. The third-order valence-corrected chi connectivity index (χ3v) is 3.55. The Hall–Kier alpha value is -0.970. The molecule has 16 heavy (non-hydrogen) atoms. The number of aryl methyl sites for hydroxylation is 2. The second-order valence-corrected chi connectivity index (χ2v) is 5.14. The third-order valence-electron chi connectivity index (χ3n) is 2.59. The maximum absolute atomic E-state index is 5.48. The molecule has 1 N–H and O–H groups in total. The quantitative estimate of drug-likeness (QED) is 0.860. The summed E-state index contributed by atoms with van der Waals surface area (Å²) in [4.78, 5) is 8.77. The number of hydrogen-bond donors (Lipinski definition) is 1. The van der Waals surface area contributed by atoms with Crippen LogP contribution in [0.3, 0.4) is 0 Å². The van der Waals surface area contributed by atoms with Gasteiger partial charge >= 0.3 is 0 Å². The van der Waals surface area contributed by atoms with Crippen molar-refractivity contribution in [1.29, 1.82) is 0 Å². The Morgan fingerprint density at radius 1 is 1.56 bits per heavy atom. The average molecular weight is 239 g/mol. The van der Waals surface area contributed by atoms with Gasteiger partial charge in [0.2, 0.25) is 5.89 Å². The van der Waals surface area contributed by atoms with Gasteiger partial charge in [-0.3, -0.25) is 4.99 Å². The van der Waals surface area contributed by atoms with Gasteiger partial charge in [-0.25, -0.2) is 4.98 Å². The molecule has 0 saturated carbocycles. The van der Waals surface area contributed by atoms with Crippen molar-refractivity contribution in [2.45, 2.75) is 39.8 Å². The number of rotatable bonds is 2. The fourth-order valence-corrected chi connectivity index (χ4v) is 2.60. The van der Waals surface area contributed by atoms with Crippen molar-refractivity contribution >= 4 is 16.9 Å². The summed E-state index contributed by atoms with van der Waals surface area (Å²) in [7, 11) is 0. The molecule has 2 heterocycles. The highest BCUT2D eigenvalue weighted by Gasteiger charge is 2.13. The minimum Gasteiger partial charge on any atom is -0.444 e. The Morgan fingerprint density at radius 2 is 2.38 bits per heavy atom. The topological polar surface area (TPSA) is 50.4 Å². The number of hydrogen-bond acceptors (Lipinski definition) is 4. The predicted molar refractivity (Wildman–Crippen MR) is 66.8 cm³/mol. The van der Waals surface area contributed by atoms with E-state index in [0.717, 1.165) is 22.4 Å². The van der Waals surface area contributed by atoms with Gasteiger partial charge in [0.1, 0.15) is 12.3 Å². The van der Waals surface area contributed by atoms with Gasteiger partial charge in [0.25, 0.3) is 0 Å². The van der Waals surface area contributed by atoms with Crippen molar-refractivity contribution in [1.82, 2.24) is 10.3 Å². The molecule has 1 aliphatic rings. The van der Waals surface area contributed by atoms with Crippen LogP contribution in [0.25, 0.3) is 0 Å². The summed E-state index contributed by atoms with van der Waals surface area (Å²) in [5, 5.41) is 4.36. The summed E-state index contributed by atoms with van der Waals surface area (Å²) in [5.41, 5.74) is 0.952. The summed E-state index contributed by atoms with van der Waals surface area (Å²) in [6.07, 6.45) is 1.20. The minimum absolute atomic E-state index is 0.521. The largest absolute Gasteiger partial charge is 0.444 e. The van der Waals surface area contributed by atoms with E-state index in [1.165, 1.54) is 6.42 Å². The van der Waals surface area contributed by atoms with E-state index in [1.807, 2.05) is 13.8 Å². The van der Waals surface area contributed by atoms with E-state index in [4.69, 9.17) is 4.42 Å². The first kappa shape index (κ1) is 11.5. The van der Waals surface area contributed by atoms with Gasteiger partial charge in [-0.1, -0.05) is 11.8 Å². The number of nitrogens with one attached hydrogen (secondary N) is 1. The molecule has 0 bridgehead atoms. The van der Waals surface area contributed by atoms with Gasteiger partial charge < -0.3 is 9.73 Å². The molecule has 1 aliphatic heterocycles. The summed E-state index contributed by atoms with van der Waals surface area (Å²) in [5.74, 6) is 2.72. The van der Waals surface area contributed by atoms with Crippen LogP contribution in [-0.4, -0.2) is 21.9 Å². The molecule has 1 unspecified atom stereocenters. The van der Waals surface area contributed by atoms with E-state index in [2.05, 4.69) is 22.2 Å². The van der Waals surface area contributed by atoms with Crippen molar-refractivity contribution in [2.75, 3.05) is 5.75 Å². The number of aromatic nitrogens is 1. The summed E-state index contributed by atoms with van der Waals surface area (Å²) in [6.45, 7) is 6.57. The lowest BCUT2D eigenvalue weighted by Gasteiger charge is -2.21. The zero-order chi connectivity index (χ0) is 11.5. The first-order valence-electron chi connectivity index (χ1n) is 5.52. The molecule has 1 saturated heterocycles. The molecule has 4 nitrogen and oxygen atoms in total. The van der Waals surface area contributed by atoms with Crippen LogP contribution >= 0.6 is 11.8 Å². The summed E-state index contributed by atoms with van der Waals surface area (Å²) < 4.78 is 5.48. The van der Waals surface area contributed by atoms with Crippen molar-refractivity contribution in [2.24, 2.45) is 4.99 Å². The third kappa shape index (κ3) is 2.78. The molecule has 0 spiro atoms. The first-order chi connectivity index (χ1) is 7.65. The molecule has 0 aromatic carbocycles. The molecule has 0 aliphatic carbocycles. The molecule has 1 fully saturated rings. The highest BCUT2D eigenvalue weighted by Crippen LogP contribution is 2.15. The predicted octanol–water partition coefficient (Wildman–Crippen LogP) is 2.26. The molecule has 5 heteroatoms. The molecule has 1 aromatic heterocycles. The normalized spacial score (nSPS) is 23.4. The fourth-order valence-electron chi connectivity index (χ4n) is 1.49. The molecule has 1 atom stereocenters. The lowest BCUT2D eigenvalue weighted by Crippen LogP contribution is -2.35. The van der Waals surface area contributed by atoms with E-state index in [-0.39, 0.29) is 0 Å². The van der Waals surface area contributed by atoms with Crippen molar-refractivity contribution < 1.29 is 4.42 Å². The van der Waals surface area contributed by atoms with Gasteiger partial charge in [0.05, 0.1) is 5.69 Å². The first-order valence-corrected chi connectivity index (χ1v) is 6.50. The van der Waals surface area contributed by atoms with Crippen LogP contribution in [-0.2, 0) is 6.54 Å². The molecule has 0 amide bonds. The van der Waals surface area contributed by atoms with E-state index in [0.29, 0.717) is 18.5 Å². The zero-order valence-electron chi connectivity index (χ0n) is 9.91. The molecule has 88 valence electrons. The summed E-state index contributed by atoms with van der Waals surface area (Å²) >= 11 is 1.77. The maximum Gasteiger partial charge on any atom is 0.216 e. The zero-order valence-corrected chi connectivity index (χ0v) is 10.7. The van der Waals surface area contributed by atoms with Crippen LogP contribution in [0.1, 0.15) is 30.7 Å². The monoisotopic (exact) mass is 239 g/mol. The van der Waals surface area contributed by atoms with Gasteiger partial charge in [-0.15, -0.1) is 0 Å². The van der Waals surface area contributed by atoms with E-state index >= 15 is 0 Å². The smallest absolute Gasteiger partial charge is 0.216 e. The number of thioether (sulfide) groups is 1. The second-order valence-electron chi connectivity index (χ2n) is 4.05. The Labute approximate surface area is 99.9 Å². The molecule has 2 rings (SSSR count). The van der Waals surface area contributed by atoms with Crippen LogP contribution in [0.5, 0.6) is 0 Å². The minimum atomic E-state index is 0.521. The van der Waals surface area contributed by atoms with E-state index < -0.39 is 0 Å². The molecule has 1 aromatic rings. The van der Waals surface area contributed by atoms with Crippen LogP contribution in [0.4, 0.5) is 0 Å². The van der Waals surface area contributed by atoms with Gasteiger partial charge in [-0.2, -0.15) is 0 Å². The van der Waals surface area contributed by atoms with Crippen molar-refractivity contribution in [3.63, 3.8) is 0 Å². The van der Waals surface area contributed by atoms with Crippen LogP contribution < -0.4 is 5.32 Å². The Balaban J connectivity index is 1.97. The second kappa shape index (κ2) is 4.91. The van der Waals surface area contributed by atoms with Gasteiger partial charge in [0.15, 0.2) is 5.17 Å². The lowest BCUT2D eigenvalue weighted by atomic mass is 10.3. The standard InChI is InChI=1S/C11H17N3OS/c1-7-4-5-16-11(13-7)12-6-10-14-8(2)9(3)15-10/h7H,4-6H2,1-3H3,(H,12,13). The van der Waals surface area contributed by atoms with Crippen LogP contribution in [0.15, 0.2) is 9.41 Å². The van der Waals surface area contributed by atoms with Gasteiger partial charge in [0, 0.05) is 11.8 Å². The molecular weight excluding hydrogens is 222 g/mol. The molecule has 0 radical (unpaired) electrons. The SMILES string of the molecule is Cc1nc(CN=C2NC(C)CCS2)oc1C. The molecular formula is C11H17N3OS. The van der Waals surface area contributed by atoms with Crippen LogP contribution in [0, 0.1) is 13.8 Å². The van der Waals surface area contributed by atoms with Gasteiger partial charge in [-0.05, 0) is 27.2 Å². The Bertz CT molecular complexity index is 380. The Morgan fingerprint density at radius 3 is 3.00 bits per heavy atom.